The summed E-state index contributed by atoms with van der Waals surface area (Å²) in [6.07, 6.45) is 2.73. The lowest BCUT2D eigenvalue weighted by Crippen LogP contribution is -2.42. The smallest absolute Gasteiger partial charge is 0.321 e. The predicted octanol–water partition coefficient (Wildman–Crippen LogP) is 1.41. The van der Waals surface area contributed by atoms with Crippen LogP contribution in [-0.2, 0) is 22.7 Å². The van der Waals surface area contributed by atoms with Gasteiger partial charge in [-0.2, -0.15) is 0 Å². The minimum atomic E-state index is -1.18. The van der Waals surface area contributed by atoms with Gasteiger partial charge in [-0.3, -0.25) is 24.5 Å². The molecule has 0 aliphatic carbocycles. The molecule has 2 heterocycles. The topological polar surface area (TPSA) is 104 Å². The van der Waals surface area contributed by atoms with Crippen LogP contribution in [0.3, 0.4) is 0 Å². The number of hydrogen-bond acceptors (Lipinski definition) is 5. The van der Waals surface area contributed by atoms with Gasteiger partial charge in [0, 0.05) is 25.5 Å². The summed E-state index contributed by atoms with van der Waals surface area (Å²) in [5.41, 5.74) is 1.33. The molecule has 23 heavy (non-hydrogen) atoms. The van der Waals surface area contributed by atoms with E-state index in [1.165, 1.54) is 0 Å². The zero-order valence-electron chi connectivity index (χ0n) is 12.4. The SMILES string of the molecule is O=C(O)CC(C(=O)O)N(Cc1ccccn1)Cc1ccccn1. The van der Waals surface area contributed by atoms with Crippen LogP contribution < -0.4 is 0 Å². The Hall–Kier alpha value is -2.80. The van der Waals surface area contributed by atoms with Crippen LogP contribution >= 0.6 is 0 Å². The van der Waals surface area contributed by atoms with Gasteiger partial charge in [-0.15, -0.1) is 0 Å². The molecular weight excluding hydrogens is 298 g/mol. The van der Waals surface area contributed by atoms with Crippen molar-refractivity contribution >= 4 is 11.9 Å². The Kier molecular flexibility index (Phi) is 5.76. The molecule has 1 unspecified atom stereocenters. The number of carbonyl (C=O) groups is 2. The zero-order chi connectivity index (χ0) is 16.7. The molecule has 0 amide bonds. The number of carboxylic acid groups (broad SMARTS) is 2. The molecule has 0 aliphatic heterocycles. The molecule has 0 radical (unpaired) electrons. The molecular formula is C16H17N3O4. The quantitative estimate of drug-likeness (QED) is 0.759. The van der Waals surface area contributed by atoms with Gasteiger partial charge >= 0.3 is 11.9 Å². The number of aromatic nitrogens is 2. The van der Waals surface area contributed by atoms with Crippen LogP contribution in [0.5, 0.6) is 0 Å². The number of hydrogen-bond donors (Lipinski definition) is 2. The summed E-state index contributed by atoms with van der Waals surface area (Å²) in [5.74, 6) is -2.34. The van der Waals surface area contributed by atoms with E-state index in [2.05, 4.69) is 9.97 Å². The highest BCUT2D eigenvalue weighted by Gasteiger charge is 2.28. The normalized spacial score (nSPS) is 12.0. The van der Waals surface area contributed by atoms with Crippen molar-refractivity contribution in [3.05, 3.63) is 60.2 Å². The van der Waals surface area contributed by atoms with Crippen LogP contribution in [0.2, 0.25) is 0 Å². The van der Waals surface area contributed by atoms with Crippen LogP contribution in [0, 0.1) is 0 Å². The summed E-state index contributed by atoms with van der Waals surface area (Å²) in [7, 11) is 0. The van der Waals surface area contributed by atoms with Crippen molar-refractivity contribution in [1.29, 1.82) is 0 Å². The first-order chi connectivity index (χ1) is 11.1. The fourth-order valence-electron chi connectivity index (χ4n) is 2.21. The van der Waals surface area contributed by atoms with E-state index in [1.54, 1.807) is 53.7 Å². The summed E-state index contributed by atoms with van der Waals surface area (Å²) in [5, 5.41) is 18.4. The van der Waals surface area contributed by atoms with Crippen LogP contribution in [0.1, 0.15) is 17.8 Å². The van der Waals surface area contributed by atoms with Gasteiger partial charge in [-0.25, -0.2) is 0 Å². The van der Waals surface area contributed by atoms with Crippen molar-refractivity contribution in [1.82, 2.24) is 14.9 Å². The average Bonchev–Trinajstić information content (AvgIpc) is 2.53. The molecule has 0 aliphatic rings. The highest BCUT2D eigenvalue weighted by Crippen LogP contribution is 2.14. The molecule has 0 saturated heterocycles. The predicted molar refractivity (Wildman–Crippen MR) is 81.4 cm³/mol. The lowest BCUT2D eigenvalue weighted by atomic mass is 10.1. The standard InChI is InChI=1S/C16H17N3O4/c20-15(21)9-14(16(22)23)19(10-12-5-1-3-7-17-12)11-13-6-2-4-8-18-13/h1-8,14H,9-11H2,(H,20,21)(H,22,23). The zero-order valence-corrected chi connectivity index (χ0v) is 12.4. The molecule has 0 bridgehead atoms. The van der Waals surface area contributed by atoms with Crippen LogP contribution in [-0.4, -0.2) is 43.1 Å². The Morgan fingerprint density at radius 2 is 1.48 bits per heavy atom. The minimum absolute atomic E-state index is 0.224. The van der Waals surface area contributed by atoms with E-state index in [-0.39, 0.29) is 13.1 Å². The molecule has 1 atom stereocenters. The Labute approximate surface area is 133 Å². The number of aliphatic carboxylic acids is 2. The maximum Gasteiger partial charge on any atom is 0.321 e. The molecule has 0 aromatic carbocycles. The highest BCUT2D eigenvalue weighted by molar-refractivity contribution is 5.80. The third-order valence-corrected chi connectivity index (χ3v) is 3.28. The fraction of sp³-hybridized carbons (Fsp3) is 0.250. The second-order valence-corrected chi connectivity index (χ2v) is 5.00. The lowest BCUT2D eigenvalue weighted by Gasteiger charge is -2.27. The first-order valence-electron chi connectivity index (χ1n) is 7.04. The van der Waals surface area contributed by atoms with Gasteiger partial charge in [0.25, 0.3) is 0 Å². The summed E-state index contributed by atoms with van der Waals surface area (Å²) >= 11 is 0. The molecule has 2 aromatic heterocycles. The van der Waals surface area contributed by atoms with Crippen molar-refractivity contribution in [3.8, 4) is 0 Å². The summed E-state index contributed by atoms with van der Waals surface area (Å²) in [6, 6.07) is 9.51. The first-order valence-corrected chi connectivity index (χ1v) is 7.04. The van der Waals surface area contributed by atoms with Gasteiger partial charge in [-0.1, -0.05) is 12.1 Å². The largest absolute Gasteiger partial charge is 0.481 e. The second-order valence-electron chi connectivity index (χ2n) is 5.00. The van der Waals surface area contributed by atoms with E-state index in [9.17, 15) is 14.7 Å². The van der Waals surface area contributed by atoms with Crippen LogP contribution in [0.4, 0.5) is 0 Å². The monoisotopic (exact) mass is 315 g/mol. The molecule has 2 aromatic rings. The van der Waals surface area contributed by atoms with E-state index < -0.39 is 24.4 Å². The van der Waals surface area contributed by atoms with Crippen molar-refractivity contribution in [2.75, 3.05) is 0 Å². The van der Waals surface area contributed by atoms with Gasteiger partial charge in [0.2, 0.25) is 0 Å². The van der Waals surface area contributed by atoms with Gasteiger partial charge in [0.05, 0.1) is 17.8 Å². The van der Waals surface area contributed by atoms with E-state index in [1.807, 2.05) is 0 Å². The lowest BCUT2D eigenvalue weighted by molar-refractivity contribution is -0.150. The number of carboxylic acids is 2. The van der Waals surface area contributed by atoms with Crippen molar-refractivity contribution in [3.63, 3.8) is 0 Å². The van der Waals surface area contributed by atoms with Crippen LogP contribution in [0.15, 0.2) is 48.8 Å². The molecule has 2 N–H and O–H groups in total. The average molecular weight is 315 g/mol. The van der Waals surface area contributed by atoms with Gasteiger partial charge in [0.15, 0.2) is 0 Å². The highest BCUT2D eigenvalue weighted by atomic mass is 16.4. The summed E-state index contributed by atoms with van der Waals surface area (Å²) < 4.78 is 0. The van der Waals surface area contributed by atoms with Crippen molar-refractivity contribution < 1.29 is 19.8 Å². The maximum atomic E-state index is 11.5. The molecule has 0 fully saturated rings. The van der Waals surface area contributed by atoms with E-state index in [0.29, 0.717) is 11.4 Å². The van der Waals surface area contributed by atoms with Crippen molar-refractivity contribution in [2.45, 2.75) is 25.6 Å². The Bertz CT molecular complexity index is 607. The van der Waals surface area contributed by atoms with Gasteiger partial charge in [-0.05, 0) is 24.3 Å². The third kappa shape index (κ3) is 5.15. The molecule has 7 nitrogen and oxygen atoms in total. The Balaban J connectivity index is 2.25. The Morgan fingerprint density at radius 1 is 0.957 bits per heavy atom. The van der Waals surface area contributed by atoms with Gasteiger partial charge < -0.3 is 10.2 Å². The molecule has 7 heteroatoms. The third-order valence-electron chi connectivity index (χ3n) is 3.28. The minimum Gasteiger partial charge on any atom is -0.481 e. The van der Waals surface area contributed by atoms with Crippen LogP contribution in [0.25, 0.3) is 0 Å². The molecule has 0 spiro atoms. The number of pyridine rings is 2. The molecule has 0 saturated carbocycles. The van der Waals surface area contributed by atoms with Crippen molar-refractivity contribution in [2.24, 2.45) is 0 Å². The second kappa shape index (κ2) is 8.00. The van der Waals surface area contributed by atoms with Gasteiger partial charge in [0.1, 0.15) is 6.04 Å². The number of rotatable bonds is 8. The molecule has 2 rings (SSSR count). The molecule has 120 valence electrons. The Morgan fingerprint density at radius 3 is 1.83 bits per heavy atom. The summed E-state index contributed by atoms with van der Waals surface area (Å²) in [4.78, 5) is 32.4. The fourth-order valence-corrected chi connectivity index (χ4v) is 2.21. The number of nitrogens with zero attached hydrogens (tertiary/aromatic N) is 3. The van der Waals surface area contributed by atoms with E-state index in [0.717, 1.165) is 0 Å². The maximum absolute atomic E-state index is 11.5. The summed E-state index contributed by atoms with van der Waals surface area (Å²) in [6.45, 7) is 0.448. The van der Waals surface area contributed by atoms with E-state index in [4.69, 9.17) is 5.11 Å². The first kappa shape index (κ1) is 16.6. The van der Waals surface area contributed by atoms with E-state index >= 15 is 0 Å².